The number of aromatic nitrogens is 2. The number of halogens is 2. The van der Waals surface area contributed by atoms with Crippen molar-refractivity contribution < 1.29 is 5.11 Å². The first kappa shape index (κ1) is 12.2. The van der Waals surface area contributed by atoms with Crippen LogP contribution in [0.2, 0.25) is 10.0 Å². The molecule has 0 fully saturated rings. The minimum atomic E-state index is 0.0631. The molecule has 0 atom stereocenters. The fourth-order valence-corrected chi connectivity index (χ4v) is 2.00. The summed E-state index contributed by atoms with van der Waals surface area (Å²) in [6, 6.07) is 3.19. The number of hydrogen-bond acceptors (Lipinski definition) is 3. The molecule has 0 aliphatic carbocycles. The Morgan fingerprint density at radius 1 is 1.29 bits per heavy atom. The number of hydrogen-bond donors (Lipinski definition) is 3. The van der Waals surface area contributed by atoms with Crippen LogP contribution in [0, 0.1) is 0 Å². The highest BCUT2D eigenvalue weighted by Crippen LogP contribution is 2.30. The second-order valence-corrected chi connectivity index (χ2v) is 4.42. The van der Waals surface area contributed by atoms with E-state index in [-0.39, 0.29) is 10.8 Å². The molecular formula is C11H11Cl2N3O. The number of benzene rings is 1. The number of phenols is 1. The predicted molar refractivity (Wildman–Crippen MR) is 67.3 cm³/mol. The summed E-state index contributed by atoms with van der Waals surface area (Å²) in [6.07, 6.45) is 3.35. The van der Waals surface area contributed by atoms with Gasteiger partial charge in [0.25, 0.3) is 0 Å². The van der Waals surface area contributed by atoms with Gasteiger partial charge in [-0.1, -0.05) is 23.2 Å². The summed E-state index contributed by atoms with van der Waals surface area (Å²) in [6.45, 7) is 1.11. The molecule has 0 spiro atoms. The molecule has 0 unspecified atom stereocenters. The quantitative estimate of drug-likeness (QED) is 0.802. The Balaban J connectivity index is 1.99. The van der Waals surface area contributed by atoms with Crippen LogP contribution in [0.4, 0.5) is 0 Å². The van der Waals surface area contributed by atoms with E-state index in [1.807, 2.05) is 0 Å². The molecule has 17 heavy (non-hydrogen) atoms. The van der Waals surface area contributed by atoms with Gasteiger partial charge in [0.05, 0.1) is 11.3 Å². The maximum atomic E-state index is 9.73. The van der Waals surface area contributed by atoms with Crippen molar-refractivity contribution in [2.24, 2.45) is 0 Å². The first-order valence-electron chi connectivity index (χ1n) is 5.01. The van der Waals surface area contributed by atoms with Crippen LogP contribution >= 0.6 is 23.2 Å². The Hall–Kier alpha value is -1.23. The lowest BCUT2D eigenvalue weighted by atomic mass is 10.2. The van der Waals surface area contributed by atoms with E-state index in [0.29, 0.717) is 23.7 Å². The van der Waals surface area contributed by atoms with Crippen LogP contribution in [0.1, 0.15) is 11.3 Å². The normalized spacial score (nSPS) is 10.7. The van der Waals surface area contributed by atoms with Gasteiger partial charge in [-0.05, 0) is 12.1 Å². The molecular weight excluding hydrogens is 261 g/mol. The summed E-state index contributed by atoms with van der Waals surface area (Å²) in [5.41, 5.74) is 1.64. The number of rotatable bonds is 4. The number of aromatic amines is 1. The average molecular weight is 272 g/mol. The van der Waals surface area contributed by atoms with E-state index < -0.39 is 0 Å². The van der Waals surface area contributed by atoms with E-state index in [1.165, 1.54) is 6.07 Å². The number of phenolic OH excluding ortho intramolecular Hbond substituents is 1. The molecule has 1 aromatic carbocycles. The molecule has 90 valence electrons. The van der Waals surface area contributed by atoms with Crippen LogP contribution in [0.15, 0.2) is 24.7 Å². The van der Waals surface area contributed by atoms with Gasteiger partial charge < -0.3 is 15.4 Å². The molecule has 4 nitrogen and oxygen atoms in total. The molecule has 6 heteroatoms. The monoisotopic (exact) mass is 271 g/mol. The van der Waals surface area contributed by atoms with Gasteiger partial charge in [-0.2, -0.15) is 0 Å². The fourth-order valence-electron chi connectivity index (χ4n) is 1.47. The smallest absolute Gasteiger partial charge is 0.138 e. The highest BCUT2D eigenvalue weighted by Gasteiger charge is 2.07. The molecule has 1 heterocycles. The van der Waals surface area contributed by atoms with Crippen molar-refractivity contribution in [3.63, 3.8) is 0 Å². The molecule has 2 rings (SSSR count). The predicted octanol–water partition coefficient (Wildman–Crippen LogP) is 2.71. The summed E-state index contributed by atoms with van der Waals surface area (Å²) in [7, 11) is 0. The van der Waals surface area contributed by atoms with Gasteiger partial charge in [0.2, 0.25) is 0 Å². The molecule has 1 aromatic heterocycles. The summed E-state index contributed by atoms with van der Waals surface area (Å²) < 4.78 is 0. The minimum Gasteiger partial charge on any atom is -0.506 e. The molecule has 0 saturated heterocycles. The van der Waals surface area contributed by atoms with Gasteiger partial charge >= 0.3 is 0 Å². The van der Waals surface area contributed by atoms with Gasteiger partial charge in [-0.3, -0.25) is 0 Å². The zero-order chi connectivity index (χ0) is 12.3. The first-order chi connectivity index (χ1) is 8.16. The second-order valence-electron chi connectivity index (χ2n) is 3.58. The molecule has 2 aromatic rings. The van der Waals surface area contributed by atoms with Crippen molar-refractivity contribution in [2.75, 3.05) is 0 Å². The van der Waals surface area contributed by atoms with E-state index >= 15 is 0 Å². The summed E-state index contributed by atoms with van der Waals surface area (Å²) >= 11 is 11.7. The fraction of sp³-hybridized carbons (Fsp3) is 0.182. The average Bonchev–Trinajstić information content (AvgIpc) is 2.78. The highest BCUT2D eigenvalue weighted by molar-refractivity contribution is 6.35. The molecule has 0 bridgehead atoms. The van der Waals surface area contributed by atoms with Gasteiger partial charge in [-0.25, -0.2) is 4.98 Å². The van der Waals surface area contributed by atoms with E-state index in [9.17, 15) is 5.11 Å². The summed E-state index contributed by atoms with van der Waals surface area (Å²) in [5, 5.41) is 13.6. The van der Waals surface area contributed by atoms with Gasteiger partial charge in [0.1, 0.15) is 5.75 Å². The van der Waals surface area contributed by atoms with Crippen molar-refractivity contribution >= 4 is 23.2 Å². The first-order valence-corrected chi connectivity index (χ1v) is 5.77. The lowest BCUT2D eigenvalue weighted by Gasteiger charge is -2.08. The number of aromatic hydroxyl groups is 1. The van der Waals surface area contributed by atoms with Crippen LogP contribution in [0.25, 0.3) is 0 Å². The van der Waals surface area contributed by atoms with Crippen LogP contribution < -0.4 is 5.32 Å². The Morgan fingerprint density at radius 2 is 2.12 bits per heavy atom. The van der Waals surface area contributed by atoms with Crippen LogP contribution in [0.3, 0.4) is 0 Å². The lowest BCUT2D eigenvalue weighted by Crippen LogP contribution is -2.13. The third-order valence-corrected chi connectivity index (χ3v) is 2.80. The molecule has 0 aliphatic rings. The maximum Gasteiger partial charge on any atom is 0.138 e. The Labute approximate surface area is 109 Å². The van der Waals surface area contributed by atoms with Crippen LogP contribution in [-0.2, 0) is 13.1 Å². The molecule has 0 aliphatic heterocycles. The molecule has 0 saturated carbocycles. The van der Waals surface area contributed by atoms with Crippen molar-refractivity contribution in [3.05, 3.63) is 46.0 Å². The Bertz CT molecular complexity index is 500. The number of nitrogens with one attached hydrogen (secondary N) is 2. The third kappa shape index (κ3) is 3.12. The lowest BCUT2D eigenvalue weighted by molar-refractivity contribution is 0.464. The standard InChI is InChI=1S/C11H11Cl2N3O/c12-8-1-7(11(17)10(13)2-8)3-14-4-9-5-15-6-16-9/h1-2,5-6,14,17H,3-4H2,(H,15,16). The SMILES string of the molecule is Oc1c(Cl)cc(Cl)cc1CNCc1cnc[nH]1. The summed E-state index contributed by atoms with van der Waals surface area (Å²) in [5.74, 6) is 0.0631. The third-order valence-electron chi connectivity index (χ3n) is 2.29. The van der Waals surface area contributed by atoms with E-state index in [4.69, 9.17) is 23.2 Å². The maximum absolute atomic E-state index is 9.73. The van der Waals surface area contributed by atoms with Crippen molar-refractivity contribution in [1.29, 1.82) is 0 Å². The summed E-state index contributed by atoms with van der Waals surface area (Å²) in [4.78, 5) is 6.88. The van der Waals surface area contributed by atoms with Gasteiger partial charge in [0.15, 0.2) is 0 Å². The van der Waals surface area contributed by atoms with Crippen LogP contribution in [0.5, 0.6) is 5.75 Å². The molecule has 0 amide bonds. The van der Waals surface area contributed by atoms with Crippen molar-refractivity contribution in [3.8, 4) is 5.75 Å². The van der Waals surface area contributed by atoms with Gasteiger partial charge in [-0.15, -0.1) is 0 Å². The van der Waals surface area contributed by atoms with Crippen molar-refractivity contribution in [2.45, 2.75) is 13.1 Å². The zero-order valence-electron chi connectivity index (χ0n) is 8.87. The number of imidazole rings is 1. The minimum absolute atomic E-state index is 0.0631. The van der Waals surface area contributed by atoms with Gasteiger partial charge in [0, 0.05) is 35.6 Å². The molecule has 3 N–H and O–H groups in total. The topological polar surface area (TPSA) is 60.9 Å². The largest absolute Gasteiger partial charge is 0.506 e. The van der Waals surface area contributed by atoms with E-state index in [2.05, 4.69) is 15.3 Å². The highest BCUT2D eigenvalue weighted by atomic mass is 35.5. The van der Waals surface area contributed by atoms with E-state index in [0.717, 1.165) is 5.69 Å². The molecule has 0 radical (unpaired) electrons. The number of nitrogens with zero attached hydrogens (tertiary/aromatic N) is 1. The van der Waals surface area contributed by atoms with Crippen LogP contribution in [-0.4, -0.2) is 15.1 Å². The zero-order valence-corrected chi connectivity index (χ0v) is 10.4. The Kier molecular flexibility index (Phi) is 3.89. The Morgan fingerprint density at radius 3 is 2.82 bits per heavy atom. The van der Waals surface area contributed by atoms with E-state index in [1.54, 1.807) is 18.6 Å². The second kappa shape index (κ2) is 5.40. The van der Waals surface area contributed by atoms with Crippen molar-refractivity contribution in [1.82, 2.24) is 15.3 Å². The number of H-pyrrole nitrogens is 1.